The van der Waals surface area contributed by atoms with Crippen LogP contribution >= 0.6 is 84.0 Å². The largest absolute Gasteiger partial charge is 0.472 e. The molecule has 0 aliphatic carbocycles. The Morgan fingerprint density at radius 2 is 0.787 bits per heavy atom. The van der Waals surface area contributed by atoms with Crippen molar-refractivity contribution < 1.29 is 144 Å². The van der Waals surface area contributed by atoms with Gasteiger partial charge in [-0.25, -0.2) is 77.1 Å². The van der Waals surface area contributed by atoms with Gasteiger partial charge in [-0.3, -0.25) is 87.2 Å². The molecule has 58 nitrogen and oxygen atoms in total. The topological polar surface area (TPSA) is 727 Å². The SMILES string of the molecule is CC[C@H]1O[C@@H](n2cnc3c(N)ncnc32)CC1OP(=O)(S)OC[C@H]1O[C@@H](n2cc(C)c(=O)[nH]c2=O)CC1OP(=O)(S)OC[C@H]1O[C@@H](n2cnc3c(N)ncnc32)[C@@H](OCCOC)C1OP(=O)(O)OC[C@H]1O[C@@H](n2cc(C)c(N)nc2=O)[C@@H](OCCOC)C1OP(=O)(S)OC[C@H]1O[C@@H](n2cnc3c(=O)[nH]c(C)nc32)[C@@H](OCCOC)C1OP(=O)(S)OC[C@H]1O[C@@H](n2cc(C)c(N)nc2=O)[C@@H](OCCOC)C1O. The number of anilines is 4. The van der Waals surface area contributed by atoms with Crippen LogP contribution in [0.1, 0.15) is 86.1 Å². The van der Waals surface area contributed by atoms with E-state index in [1.807, 2.05) is 6.92 Å². The molecule has 0 aromatic carbocycles. The van der Waals surface area contributed by atoms with Crippen molar-refractivity contribution >= 4 is 141 Å². The molecule has 0 spiro atoms. The first-order chi connectivity index (χ1) is 67.1. The number of aromatic nitrogens is 18. The van der Waals surface area contributed by atoms with Gasteiger partial charge in [0.25, 0.3) is 11.1 Å². The Morgan fingerprint density at radius 3 is 1.28 bits per heavy atom. The Hall–Kier alpha value is -7.40. The number of hydrogen-bond donors (Lipinski definition) is 12. The van der Waals surface area contributed by atoms with E-state index in [4.69, 9.17) is 134 Å². The molecule has 0 bridgehead atoms. The number of phosphoric ester groups is 1. The molecule has 0 amide bonds. The lowest BCUT2D eigenvalue weighted by Gasteiger charge is -2.29. The van der Waals surface area contributed by atoms with Crippen LogP contribution in [-0.2, 0) is 134 Å². The molecule has 776 valence electrons. The molecular weight excluding hydrogens is 2060 g/mol. The van der Waals surface area contributed by atoms with Gasteiger partial charge in [-0.05, 0) is 34.1 Å². The molecule has 141 heavy (non-hydrogen) atoms. The van der Waals surface area contributed by atoms with E-state index in [2.05, 4.69) is 109 Å². The maximum absolute atomic E-state index is 15.6. The van der Waals surface area contributed by atoms with Crippen LogP contribution < -0.4 is 51.1 Å². The molecule has 27 atom stereocenters. The van der Waals surface area contributed by atoms with Crippen LogP contribution in [0.4, 0.5) is 23.3 Å². The average Bonchev–Trinajstić information content (AvgIpc) is 1.65. The number of nitrogens with two attached hydrogens (primary N) is 4. The smallest absolute Gasteiger partial charge is 0.387 e. The second-order valence-electron chi connectivity index (χ2n) is 32.6. The van der Waals surface area contributed by atoms with Gasteiger partial charge in [0.2, 0.25) is 0 Å². The lowest BCUT2D eigenvalue weighted by Crippen LogP contribution is -2.41. The van der Waals surface area contributed by atoms with E-state index in [0.29, 0.717) is 23.1 Å². The van der Waals surface area contributed by atoms with Crippen molar-refractivity contribution in [1.29, 1.82) is 0 Å². The minimum atomic E-state index is -5.83. The fourth-order valence-electron chi connectivity index (χ4n) is 16.4. The van der Waals surface area contributed by atoms with Crippen molar-refractivity contribution in [1.82, 2.24) is 87.2 Å². The molecule has 9 aromatic rings. The number of aromatic amines is 2. The molecule has 6 aliphatic heterocycles. The molecule has 12 N–H and O–H groups in total. The van der Waals surface area contributed by atoms with E-state index in [-0.39, 0.29) is 128 Å². The molecule has 0 saturated carbocycles. The molecule has 9 aromatic heterocycles. The number of imidazole rings is 3. The lowest BCUT2D eigenvalue weighted by atomic mass is 10.1. The van der Waals surface area contributed by atoms with E-state index in [0.717, 1.165) is 20.0 Å². The van der Waals surface area contributed by atoms with Gasteiger partial charge in [0.1, 0.15) is 139 Å². The monoisotopic (exact) mass is 2160 g/mol. The zero-order chi connectivity index (χ0) is 101. The summed E-state index contributed by atoms with van der Waals surface area (Å²) in [7, 11) is -0.366. The van der Waals surface area contributed by atoms with Crippen molar-refractivity contribution in [3.63, 3.8) is 0 Å². The quantitative estimate of drug-likeness (QED) is 0.0148. The number of aliphatic hydroxyl groups excluding tert-OH is 1. The number of aryl methyl sites for hydroxylation is 4. The standard InChI is InChI=1S/C74H105N22O36P5S4/c1-10-38-39(19-47(122-38)94-31-83-48-61(77)79-29-81-63(48)94)128-134(105,138)118-24-41-40(20-46(123-41)91-23-36(4)66(98)90-74(91)102)129-135(106,139)120-27-44-52(56(114-16-12-110-7)70(126-44)95-32-84-49-62(78)80-30-82-64(49)95)130-133(103,104)117-26-43-53(57(115-17-13-111-8)69(125-43)93-22-35(3)60(76)89-73(93)101)131-137(108,141)121-28-45-54(58(116-18-14-112-9)71(127-45)96-33-85-50-65(96)86-37(5)87-67(50)99)132-136(107,140)119-25-42-51(97)55(113-15-11-109-6)68(124-42)92-21-34(2)59(75)88-72(92)100/h21-23,29-33,38-47,51-58,68-71,97H,10-20,24-28H2,1-9H3,(H,103,104)(H,105,138)(H,106,139)(H,107,140)(H,108,141)(H2,75,88,100)(H2,76,89,101)(H2,77,79,81)(H2,78,80,82)(H,86,87,99)(H,90,98,102)/t38-,39?,40?,41-,42-,43-,44-,45-,46-,47-,51?,52?,53?,54?,55+,56+,57+,58+,68-,69-,70-,71-,134?,135?,136?,137?/m1/s1. The molecule has 11 unspecified atom stereocenters. The highest BCUT2D eigenvalue weighted by atomic mass is 32.7. The molecule has 15 rings (SSSR count). The maximum atomic E-state index is 15.6. The number of nitrogens with one attached hydrogen (secondary N) is 2. The van der Waals surface area contributed by atoms with Crippen molar-refractivity contribution in [3.8, 4) is 0 Å². The van der Waals surface area contributed by atoms with Crippen LogP contribution in [0.15, 0.2) is 74.2 Å². The number of fused-ring (bicyclic) bond motifs is 3. The Kier molecular flexibility index (Phi) is 35.1. The Labute approximate surface area is 819 Å². The number of nitrogen functional groups attached to an aromatic ring is 4. The number of ether oxygens (including phenoxy) is 14. The Bertz CT molecular complexity index is 6510. The minimum Gasteiger partial charge on any atom is -0.387 e. The zero-order valence-electron chi connectivity index (χ0n) is 76.4. The molecule has 6 fully saturated rings. The fourth-order valence-corrected chi connectivity index (χ4v) is 23.4. The lowest BCUT2D eigenvalue weighted by molar-refractivity contribution is -0.0836. The summed E-state index contributed by atoms with van der Waals surface area (Å²) in [6.45, 7) is -17.7. The summed E-state index contributed by atoms with van der Waals surface area (Å²) in [5, 5.41) is 11.8. The summed E-state index contributed by atoms with van der Waals surface area (Å²) in [5.74, 6) is -0.127. The maximum Gasteiger partial charge on any atom is 0.472 e. The van der Waals surface area contributed by atoms with Crippen molar-refractivity contribution in [2.24, 2.45) is 0 Å². The van der Waals surface area contributed by atoms with Gasteiger partial charge >= 0.3 is 52.1 Å². The van der Waals surface area contributed by atoms with E-state index in [1.54, 1.807) is 11.5 Å². The van der Waals surface area contributed by atoms with E-state index >= 15 is 18.3 Å². The third kappa shape index (κ3) is 25.0. The first-order valence-corrected chi connectivity index (χ1v) is 55.5. The van der Waals surface area contributed by atoms with Gasteiger partial charge < -0.3 is 104 Å². The number of methoxy groups -OCH3 is 4. The summed E-state index contributed by atoms with van der Waals surface area (Å²) in [6.07, 6.45) is -22.9. The summed E-state index contributed by atoms with van der Waals surface area (Å²) in [5.41, 5.74) is 21.3. The van der Waals surface area contributed by atoms with Gasteiger partial charge in [-0.1, -0.05) is 55.9 Å². The summed E-state index contributed by atoms with van der Waals surface area (Å²) in [4.78, 5) is 126. The number of nitrogens with zero attached hydrogens (tertiary/aromatic N) is 16. The van der Waals surface area contributed by atoms with E-state index < -0.39 is 231 Å². The number of phosphoric acid groups is 1. The predicted octanol–water partition coefficient (Wildman–Crippen LogP) is 2.75. The minimum absolute atomic E-state index is 0.0187. The zero-order valence-corrected chi connectivity index (χ0v) is 84.4. The van der Waals surface area contributed by atoms with Gasteiger partial charge in [0, 0.05) is 76.6 Å². The molecule has 6 saturated heterocycles. The number of thiol groups is 4. The highest BCUT2D eigenvalue weighted by Gasteiger charge is 2.58. The van der Waals surface area contributed by atoms with Crippen LogP contribution in [0.2, 0.25) is 0 Å². The second-order valence-corrected chi connectivity index (χ2v) is 45.5. The Morgan fingerprint density at radius 1 is 0.404 bits per heavy atom. The number of H-pyrrole nitrogens is 2. The number of rotatable bonds is 48. The molecular formula is C74H105N22O36P5S4. The van der Waals surface area contributed by atoms with Crippen LogP contribution in [0.3, 0.4) is 0 Å². The van der Waals surface area contributed by atoms with E-state index in [1.165, 1.54) is 102 Å². The van der Waals surface area contributed by atoms with Gasteiger partial charge in [0.15, 0.2) is 59.0 Å². The second kappa shape index (κ2) is 45.9. The van der Waals surface area contributed by atoms with Crippen molar-refractivity contribution in [2.75, 3.05) is 137 Å². The first-order valence-electron chi connectivity index (χ1n) is 43.2. The average molecular weight is 2160 g/mol. The van der Waals surface area contributed by atoms with Gasteiger partial charge in [-0.2, -0.15) is 9.97 Å². The Balaban J connectivity index is 0.705. The van der Waals surface area contributed by atoms with Gasteiger partial charge in [0.05, 0.1) is 117 Å². The third-order valence-electron chi connectivity index (χ3n) is 23.2. The fraction of sp³-hybridized carbons (Fsp3) is 0.635. The summed E-state index contributed by atoms with van der Waals surface area (Å²) >= 11 is 17.6. The third-order valence-corrected chi connectivity index (χ3v) is 30.7. The van der Waals surface area contributed by atoms with Crippen molar-refractivity contribution in [3.05, 3.63) is 125 Å². The van der Waals surface area contributed by atoms with E-state index in [9.17, 15) is 38.5 Å². The van der Waals surface area contributed by atoms with Crippen molar-refractivity contribution in [2.45, 2.75) is 189 Å². The molecule has 6 aliphatic rings. The predicted molar refractivity (Wildman–Crippen MR) is 499 cm³/mol. The molecule has 67 heteroatoms. The molecule has 0 radical (unpaired) electrons. The highest BCUT2D eigenvalue weighted by Crippen LogP contribution is 2.63. The molecule has 15 heterocycles. The number of hydrogen-bond acceptors (Lipinski definition) is 49. The summed E-state index contributed by atoms with van der Waals surface area (Å²) < 4.78 is 229. The summed E-state index contributed by atoms with van der Waals surface area (Å²) in [6, 6.07) is 0. The highest BCUT2D eigenvalue weighted by molar-refractivity contribution is 8.45. The van der Waals surface area contributed by atoms with Crippen LogP contribution in [0.25, 0.3) is 33.5 Å². The van der Waals surface area contributed by atoms with Crippen LogP contribution in [0.5, 0.6) is 0 Å². The number of aliphatic hydroxyl groups is 1. The normalized spacial score (nSPS) is 29.2. The van der Waals surface area contributed by atoms with Crippen LogP contribution in [-0.4, -0.2) is 309 Å². The van der Waals surface area contributed by atoms with Crippen LogP contribution in [0, 0.1) is 27.7 Å². The van der Waals surface area contributed by atoms with Gasteiger partial charge in [-0.15, -0.1) is 0 Å². The first kappa shape index (κ1) is 108.